The first-order valence-corrected chi connectivity index (χ1v) is 8.77. The summed E-state index contributed by atoms with van der Waals surface area (Å²) in [7, 11) is 0. The molecule has 126 valence electrons. The number of hydrogen-bond acceptors (Lipinski definition) is 5. The summed E-state index contributed by atoms with van der Waals surface area (Å²) >= 11 is 0. The van der Waals surface area contributed by atoms with Crippen LogP contribution in [-0.2, 0) is 13.0 Å². The van der Waals surface area contributed by atoms with Crippen LogP contribution in [0.4, 0.5) is 17.3 Å². The maximum absolute atomic E-state index is 12.3. The molecule has 0 saturated heterocycles. The van der Waals surface area contributed by atoms with Gasteiger partial charge in [0.15, 0.2) is 0 Å². The van der Waals surface area contributed by atoms with Crippen molar-refractivity contribution < 1.29 is 0 Å². The fourth-order valence-corrected chi connectivity index (χ4v) is 3.38. The van der Waals surface area contributed by atoms with Crippen LogP contribution in [0.1, 0.15) is 18.4 Å². The summed E-state index contributed by atoms with van der Waals surface area (Å²) in [5.74, 6) is 1.13. The number of hydrogen-bond donors (Lipinski definition) is 2. The lowest BCUT2D eigenvalue weighted by molar-refractivity contribution is 0.622. The number of nitrogens with one attached hydrogen (secondary N) is 2. The SMILES string of the molecule is O=c1ccc2cnc(Nc3ccc4c(c3)CCN4)nc2n1CC1CC1. The highest BCUT2D eigenvalue weighted by molar-refractivity contribution is 5.76. The molecule has 2 N–H and O–H groups in total. The maximum Gasteiger partial charge on any atom is 0.252 e. The first-order valence-electron chi connectivity index (χ1n) is 8.77. The van der Waals surface area contributed by atoms with Gasteiger partial charge in [0.1, 0.15) is 5.65 Å². The molecule has 25 heavy (non-hydrogen) atoms. The lowest BCUT2D eigenvalue weighted by atomic mass is 10.1. The number of aromatic nitrogens is 3. The Hall–Kier alpha value is -2.89. The van der Waals surface area contributed by atoms with Crippen molar-refractivity contribution in [3.05, 3.63) is 52.4 Å². The minimum absolute atomic E-state index is 0.00709. The summed E-state index contributed by atoms with van der Waals surface area (Å²) in [5.41, 5.74) is 4.18. The van der Waals surface area contributed by atoms with Crippen molar-refractivity contribution in [2.24, 2.45) is 5.92 Å². The predicted octanol–water partition coefficient (Wildman–Crippen LogP) is 2.91. The van der Waals surface area contributed by atoms with Crippen LogP contribution < -0.4 is 16.2 Å². The second kappa shape index (κ2) is 5.58. The van der Waals surface area contributed by atoms with E-state index in [1.165, 1.54) is 24.1 Å². The topological polar surface area (TPSA) is 71.8 Å². The monoisotopic (exact) mass is 333 g/mol. The van der Waals surface area contributed by atoms with E-state index in [1.54, 1.807) is 22.9 Å². The minimum atomic E-state index is 0.00709. The molecule has 5 rings (SSSR count). The van der Waals surface area contributed by atoms with Gasteiger partial charge in [-0.25, -0.2) is 4.98 Å². The fourth-order valence-electron chi connectivity index (χ4n) is 3.38. The average Bonchev–Trinajstić information content (AvgIpc) is 3.32. The Labute approximate surface area is 144 Å². The van der Waals surface area contributed by atoms with E-state index in [9.17, 15) is 4.79 Å². The Bertz CT molecular complexity index is 1020. The van der Waals surface area contributed by atoms with Crippen LogP contribution in [0, 0.1) is 5.92 Å². The highest BCUT2D eigenvalue weighted by atomic mass is 16.1. The molecule has 0 spiro atoms. The van der Waals surface area contributed by atoms with E-state index in [2.05, 4.69) is 32.7 Å². The van der Waals surface area contributed by atoms with Gasteiger partial charge in [0.2, 0.25) is 5.95 Å². The molecule has 0 unspecified atom stereocenters. The van der Waals surface area contributed by atoms with Gasteiger partial charge in [0, 0.05) is 42.1 Å². The van der Waals surface area contributed by atoms with Gasteiger partial charge in [-0.2, -0.15) is 4.98 Å². The number of rotatable bonds is 4. The number of benzene rings is 1. The van der Waals surface area contributed by atoms with Crippen molar-refractivity contribution in [2.45, 2.75) is 25.8 Å². The lowest BCUT2D eigenvalue weighted by Crippen LogP contribution is -2.21. The summed E-state index contributed by atoms with van der Waals surface area (Å²) < 4.78 is 1.78. The molecule has 1 aliphatic carbocycles. The zero-order valence-corrected chi connectivity index (χ0v) is 13.8. The van der Waals surface area contributed by atoms with Crippen molar-refractivity contribution in [3.63, 3.8) is 0 Å². The van der Waals surface area contributed by atoms with Crippen LogP contribution >= 0.6 is 0 Å². The van der Waals surface area contributed by atoms with Gasteiger partial charge >= 0.3 is 0 Å². The van der Waals surface area contributed by atoms with Crippen LogP contribution in [0.25, 0.3) is 11.0 Å². The molecule has 6 heteroatoms. The van der Waals surface area contributed by atoms with E-state index in [1.807, 2.05) is 6.07 Å². The molecule has 2 aromatic heterocycles. The molecule has 1 fully saturated rings. The number of anilines is 3. The number of pyridine rings is 1. The Kier molecular flexibility index (Phi) is 3.23. The molecule has 3 aromatic rings. The zero-order chi connectivity index (χ0) is 16.8. The standard InChI is InChI=1S/C19H19N5O/c25-17-6-3-14-10-21-19(23-18(14)24(17)11-12-1-2-12)22-15-4-5-16-13(9-15)7-8-20-16/h3-6,9-10,12,20H,1-2,7-8,11H2,(H,21,22,23). The van der Waals surface area contributed by atoms with Crippen molar-refractivity contribution >= 4 is 28.4 Å². The summed E-state index contributed by atoms with van der Waals surface area (Å²) in [6, 6.07) is 9.63. The zero-order valence-electron chi connectivity index (χ0n) is 13.8. The molecule has 1 aliphatic heterocycles. The third-order valence-electron chi connectivity index (χ3n) is 4.93. The minimum Gasteiger partial charge on any atom is -0.384 e. The van der Waals surface area contributed by atoms with E-state index >= 15 is 0 Å². The normalized spacial score (nSPS) is 15.8. The molecule has 0 amide bonds. The quantitative estimate of drug-likeness (QED) is 0.768. The summed E-state index contributed by atoms with van der Waals surface area (Å²) in [5, 5.41) is 7.52. The molecule has 2 aliphatic rings. The molecule has 1 aromatic carbocycles. The summed E-state index contributed by atoms with van der Waals surface area (Å²) in [4.78, 5) is 21.3. The highest BCUT2D eigenvalue weighted by Crippen LogP contribution is 2.31. The van der Waals surface area contributed by atoms with E-state index < -0.39 is 0 Å². The van der Waals surface area contributed by atoms with E-state index in [0.29, 0.717) is 17.5 Å². The van der Waals surface area contributed by atoms with Gasteiger partial charge < -0.3 is 10.6 Å². The molecular weight excluding hydrogens is 314 g/mol. The van der Waals surface area contributed by atoms with Crippen LogP contribution in [-0.4, -0.2) is 21.1 Å². The molecule has 0 radical (unpaired) electrons. The van der Waals surface area contributed by atoms with Gasteiger partial charge in [0.05, 0.1) is 0 Å². The molecule has 6 nitrogen and oxygen atoms in total. The van der Waals surface area contributed by atoms with Crippen LogP contribution in [0.2, 0.25) is 0 Å². The first kappa shape index (κ1) is 14.5. The van der Waals surface area contributed by atoms with Gasteiger partial charge in [-0.1, -0.05) is 0 Å². The van der Waals surface area contributed by atoms with Crippen LogP contribution in [0.5, 0.6) is 0 Å². The van der Waals surface area contributed by atoms with Crippen molar-refractivity contribution in [1.29, 1.82) is 0 Å². The fraction of sp³-hybridized carbons (Fsp3) is 0.316. The van der Waals surface area contributed by atoms with Gasteiger partial charge in [-0.15, -0.1) is 0 Å². The predicted molar refractivity (Wildman–Crippen MR) is 98.4 cm³/mol. The largest absolute Gasteiger partial charge is 0.384 e. The Morgan fingerprint density at radius 2 is 2.16 bits per heavy atom. The van der Waals surface area contributed by atoms with Gasteiger partial charge in [0.25, 0.3) is 5.56 Å². The third kappa shape index (κ3) is 2.73. The van der Waals surface area contributed by atoms with Gasteiger partial charge in [-0.3, -0.25) is 9.36 Å². The maximum atomic E-state index is 12.3. The van der Waals surface area contributed by atoms with Crippen molar-refractivity contribution in [1.82, 2.24) is 14.5 Å². The molecular formula is C19H19N5O. The second-order valence-corrected chi connectivity index (χ2v) is 6.87. The third-order valence-corrected chi connectivity index (χ3v) is 4.93. The van der Waals surface area contributed by atoms with Crippen molar-refractivity contribution in [2.75, 3.05) is 17.2 Å². The Morgan fingerprint density at radius 3 is 3.04 bits per heavy atom. The van der Waals surface area contributed by atoms with E-state index in [0.717, 1.165) is 30.6 Å². The summed E-state index contributed by atoms with van der Waals surface area (Å²) in [6.07, 6.45) is 5.21. The second-order valence-electron chi connectivity index (χ2n) is 6.87. The average molecular weight is 333 g/mol. The molecule has 0 atom stereocenters. The highest BCUT2D eigenvalue weighted by Gasteiger charge is 2.23. The Balaban J connectivity index is 1.52. The number of fused-ring (bicyclic) bond motifs is 2. The molecule has 1 saturated carbocycles. The smallest absolute Gasteiger partial charge is 0.252 e. The van der Waals surface area contributed by atoms with Crippen molar-refractivity contribution in [3.8, 4) is 0 Å². The lowest BCUT2D eigenvalue weighted by Gasteiger charge is -2.11. The Morgan fingerprint density at radius 1 is 1.24 bits per heavy atom. The molecule has 3 heterocycles. The number of nitrogens with zero attached hydrogens (tertiary/aromatic N) is 3. The van der Waals surface area contributed by atoms with E-state index in [-0.39, 0.29) is 5.56 Å². The molecule has 0 bridgehead atoms. The van der Waals surface area contributed by atoms with Gasteiger partial charge in [-0.05, 0) is 55.0 Å². The van der Waals surface area contributed by atoms with E-state index in [4.69, 9.17) is 0 Å². The van der Waals surface area contributed by atoms with Crippen LogP contribution in [0.15, 0.2) is 41.3 Å². The first-order chi connectivity index (χ1) is 12.3. The van der Waals surface area contributed by atoms with Crippen LogP contribution in [0.3, 0.4) is 0 Å². The summed E-state index contributed by atoms with van der Waals surface area (Å²) in [6.45, 7) is 1.73.